The Morgan fingerprint density at radius 2 is 2.17 bits per heavy atom. The molecule has 5 nitrogen and oxygen atoms in total. The van der Waals surface area contributed by atoms with Crippen molar-refractivity contribution in [2.24, 2.45) is 5.73 Å². The molecule has 1 aliphatic heterocycles. The zero-order chi connectivity index (χ0) is 12.8. The van der Waals surface area contributed by atoms with E-state index in [1.807, 2.05) is 0 Å². The Morgan fingerprint density at radius 3 is 2.89 bits per heavy atom. The Morgan fingerprint density at radius 1 is 1.28 bits per heavy atom. The summed E-state index contributed by atoms with van der Waals surface area (Å²) in [5, 5.41) is 1.09. The van der Waals surface area contributed by atoms with Crippen molar-refractivity contribution in [3.05, 3.63) is 5.82 Å². The molecule has 0 radical (unpaired) electrons. The van der Waals surface area contributed by atoms with Gasteiger partial charge in [-0.1, -0.05) is 6.92 Å². The second-order valence-corrected chi connectivity index (χ2v) is 5.40. The normalized spacial score (nSPS) is 18.0. The second-order valence-electron chi connectivity index (χ2n) is 4.67. The summed E-state index contributed by atoms with van der Waals surface area (Å²) in [6.07, 6.45) is 3.22. The molecule has 0 aromatic carbocycles. The van der Waals surface area contributed by atoms with Gasteiger partial charge in [0.2, 0.25) is 5.13 Å². The lowest BCUT2D eigenvalue weighted by molar-refractivity contribution is 0.291. The molecule has 1 aliphatic rings. The van der Waals surface area contributed by atoms with Crippen LogP contribution in [0.2, 0.25) is 0 Å². The van der Waals surface area contributed by atoms with Gasteiger partial charge in [0.15, 0.2) is 0 Å². The zero-order valence-electron chi connectivity index (χ0n) is 11.1. The van der Waals surface area contributed by atoms with Gasteiger partial charge >= 0.3 is 0 Å². The summed E-state index contributed by atoms with van der Waals surface area (Å²) in [7, 11) is 0. The van der Waals surface area contributed by atoms with Crippen molar-refractivity contribution in [3.63, 3.8) is 0 Å². The highest BCUT2D eigenvalue weighted by atomic mass is 32.1. The second kappa shape index (κ2) is 7.01. The van der Waals surface area contributed by atoms with Crippen LogP contribution >= 0.6 is 11.5 Å². The number of nitrogens with zero attached hydrogens (tertiary/aromatic N) is 4. The van der Waals surface area contributed by atoms with Gasteiger partial charge in [0.25, 0.3) is 0 Å². The van der Waals surface area contributed by atoms with Crippen LogP contribution in [0.15, 0.2) is 0 Å². The number of aromatic nitrogens is 2. The van der Waals surface area contributed by atoms with Crippen LogP contribution in [0.4, 0.5) is 5.13 Å². The monoisotopic (exact) mass is 269 g/mol. The predicted molar refractivity (Wildman–Crippen MR) is 76.2 cm³/mol. The quantitative estimate of drug-likeness (QED) is 0.863. The Hall–Kier alpha value is -0.720. The zero-order valence-corrected chi connectivity index (χ0v) is 12.0. The van der Waals surface area contributed by atoms with E-state index in [1.165, 1.54) is 24.5 Å². The first-order chi connectivity index (χ1) is 8.83. The van der Waals surface area contributed by atoms with Crippen molar-refractivity contribution >= 4 is 16.7 Å². The van der Waals surface area contributed by atoms with Gasteiger partial charge in [-0.25, -0.2) is 4.98 Å². The summed E-state index contributed by atoms with van der Waals surface area (Å²) in [6.45, 7) is 8.46. The summed E-state index contributed by atoms with van der Waals surface area (Å²) in [6, 6.07) is 0. The molecule has 1 saturated heterocycles. The maximum atomic E-state index is 5.57. The minimum absolute atomic E-state index is 0.788. The fraction of sp³-hybridized carbons (Fsp3) is 0.833. The van der Waals surface area contributed by atoms with Crippen LogP contribution < -0.4 is 10.6 Å². The molecule has 1 aromatic heterocycles. The first-order valence-electron chi connectivity index (χ1n) is 6.83. The molecule has 18 heavy (non-hydrogen) atoms. The summed E-state index contributed by atoms with van der Waals surface area (Å²) >= 11 is 1.54. The minimum atomic E-state index is 0.788. The Labute approximate surface area is 113 Å². The van der Waals surface area contributed by atoms with Gasteiger partial charge in [-0.05, 0) is 32.5 Å². The van der Waals surface area contributed by atoms with Crippen LogP contribution in [0.1, 0.15) is 25.6 Å². The summed E-state index contributed by atoms with van der Waals surface area (Å²) in [4.78, 5) is 9.46. The summed E-state index contributed by atoms with van der Waals surface area (Å²) in [5.41, 5.74) is 5.57. The van der Waals surface area contributed by atoms with Crippen molar-refractivity contribution in [2.45, 2.75) is 26.2 Å². The van der Waals surface area contributed by atoms with Crippen LogP contribution in [-0.2, 0) is 6.42 Å². The van der Waals surface area contributed by atoms with Gasteiger partial charge in [0.05, 0.1) is 0 Å². The molecule has 0 bridgehead atoms. The van der Waals surface area contributed by atoms with Gasteiger partial charge < -0.3 is 15.5 Å². The molecule has 0 spiro atoms. The van der Waals surface area contributed by atoms with E-state index in [1.54, 1.807) is 0 Å². The largest absolute Gasteiger partial charge is 0.346 e. The van der Waals surface area contributed by atoms with Crippen LogP contribution in [-0.4, -0.2) is 53.5 Å². The van der Waals surface area contributed by atoms with Crippen molar-refractivity contribution in [1.82, 2.24) is 14.3 Å². The van der Waals surface area contributed by atoms with Gasteiger partial charge in [0.1, 0.15) is 5.82 Å². The fourth-order valence-electron chi connectivity index (χ4n) is 2.22. The van der Waals surface area contributed by atoms with Crippen molar-refractivity contribution in [1.29, 1.82) is 0 Å². The Balaban J connectivity index is 1.88. The molecule has 1 fully saturated rings. The predicted octanol–water partition coefficient (Wildman–Crippen LogP) is 0.961. The maximum absolute atomic E-state index is 5.57. The summed E-state index contributed by atoms with van der Waals surface area (Å²) < 4.78 is 4.37. The lowest BCUT2D eigenvalue weighted by Crippen LogP contribution is -2.32. The van der Waals surface area contributed by atoms with Gasteiger partial charge in [0, 0.05) is 37.6 Å². The topological polar surface area (TPSA) is 58.3 Å². The standard InChI is InChI=1S/C12H23N5S/c1-2-11-14-12(18-15-11)17-8-4-7-16(9-10-17)6-3-5-13/h2-10,13H2,1H3. The van der Waals surface area contributed by atoms with Crippen LogP contribution in [0.25, 0.3) is 0 Å². The number of hydrogen-bond donors (Lipinski definition) is 1. The third kappa shape index (κ3) is 3.63. The van der Waals surface area contributed by atoms with E-state index >= 15 is 0 Å². The Kier molecular flexibility index (Phi) is 5.34. The van der Waals surface area contributed by atoms with E-state index < -0.39 is 0 Å². The number of aryl methyl sites for hydroxylation is 1. The van der Waals surface area contributed by atoms with Crippen LogP contribution in [0, 0.1) is 0 Å². The fourth-order valence-corrected chi connectivity index (χ4v) is 3.02. The Bertz CT molecular complexity index is 354. The van der Waals surface area contributed by atoms with Crippen molar-refractivity contribution in [2.75, 3.05) is 44.2 Å². The SMILES string of the molecule is CCc1nsc(N2CCCN(CCCN)CC2)n1. The van der Waals surface area contributed by atoms with Gasteiger partial charge in [-0.15, -0.1) is 0 Å². The van der Waals surface area contributed by atoms with E-state index in [2.05, 4.69) is 26.1 Å². The molecule has 2 N–H and O–H groups in total. The third-order valence-corrected chi connectivity index (χ3v) is 4.13. The molecule has 102 valence electrons. The third-order valence-electron chi connectivity index (χ3n) is 3.31. The van der Waals surface area contributed by atoms with Crippen molar-refractivity contribution < 1.29 is 0 Å². The molecule has 6 heteroatoms. The van der Waals surface area contributed by atoms with Crippen molar-refractivity contribution in [3.8, 4) is 0 Å². The minimum Gasteiger partial charge on any atom is -0.346 e. The first kappa shape index (κ1) is 13.7. The average molecular weight is 269 g/mol. The summed E-state index contributed by atoms with van der Waals surface area (Å²) in [5.74, 6) is 0.972. The molecular formula is C12H23N5S. The number of nitrogens with two attached hydrogens (primary N) is 1. The van der Waals surface area contributed by atoms with E-state index in [0.717, 1.165) is 56.5 Å². The molecular weight excluding hydrogens is 246 g/mol. The van der Waals surface area contributed by atoms with E-state index in [0.29, 0.717) is 0 Å². The molecule has 0 amide bonds. The molecule has 1 aromatic rings. The average Bonchev–Trinajstić information content (AvgIpc) is 2.75. The molecule has 0 saturated carbocycles. The number of rotatable bonds is 5. The lowest BCUT2D eigenvalue weighted by Gasteiger charge is -2.20. The molecule has 0 aliphatic carbocycles. The van der Waals surface area contributed by atoms with E-state index in [-0.39, 0.29) is 0 Å². The lowest BCUT2D eigenvalue weighted by atomic mass is 10.3. The molecule has 2 rings (SSSR count). The molecule has 0 unspecified atom stereocenters. The maximum Gasteiger partial charge on any atom is 0.205 e. The molecule has 0 atom stereocenters. The first-order valence-corrected chi connectivity index (χ1v) is 7.60. The number of hydrogen-bond acceptors (Lipinski definition) is 6. The van der Waals surface area contributed by atoms with Gasteiger partial charge in [-0.2, -0.15) is 4.37 Å². The van der Waals surface area contributed by atoms with Crippen LogP contribution in [0.5, 0.6) is 0 Å². The van der Waals surface area contributed by atoms with E-state index in [9.17, 15) is 0 Å². The van der Waals surface area contributed by atoms with Gasteiger partial charge in [-0.3, -0.25) is 0 Å². The number of anilines is 1. The van der Waals surface area contributed by atoms with Crippen LogP contribution in [0.3, 0.4) is 0 Å². The highest BCUT2D eigenvalue weighted by molar-refractivity contribution is 7.09. The highest BCUT2D eigenvalue weighted by Gasteiger charge is 2.17. The van der Waals surface area contributed by atoms with E-state index in [4.69, 9.17) is 5.73 Å². The smallest absolute Gasteiger partial charge is 0.205 e. The molecule has 2 heterocycles. The highest BCUT2D eigenvalue weighted by Crippen LogP contribution is 2.19.